The van der Waals surface area contributed by atoms with Crippen molar-refractivity contribution in [2.75, 3.05) is 6.61 Å². The molecule has 0 aliphatic carbocycles. The second-order valence-electron chi connectivity index (χ2n) is 4.60. The lowest BCUT2D eigenvalue weighted by molar-refractivity contribution is 0.0726. The van der Waals surface area contributed by atoms with E-state index in [4.69, 9.17) is 4.74 Å². The van der Waals surface area contributed by atoms with Crippen molar-refractivity contribution in [1.82, 2.24) is 0 Å². The summed E-state index contributed by atoms with van der Waals surface area (Å²) in [5.41, 5.74) is 2.99. The van der Waals surface area contributed by atoms with Crippen molar-refractivity contribution in [2.45, 2.75) is 20.0 Å². The minimum Gasteiger partial charge on any atom is -0.369 e. The average Bonchev–Trinajstić information content (AvgIpc) is 2.47. The summed E-state index contributed by atoms with van der Waals surface area (Å²) in [6.07, 6.45) is 0.980. The Kier molecular flexibility index (Phi) is 5.50. The van der Waals surface area contributed by atoms with E-state index in [1.807, 2.05) is 48.5 Å². The first kappa shape index (κ1) is 14.9. The fourth-order valence-corrected chi connectivity index (χ4v) is 2.34. The summed E-state index contributed by atoms with van der Waals surface area (Å²) in [5.74, 6) is 0.0163. The molecular weight excluding hydrogens is 316 g/mol. The topological polar surface area (TPSA) is 26.3 Å². The van der Waals surface area contributed by atoms with E-state index in [1.165, 1.54) is 5.56 Å². The summed E-state index contributed by atoms with van der Waals surface area (Å²) in [6.45, 7) is 2.65. The maximum absolute atomic E-state index is 12.0. The third-order valence-corrected chi connectivity index (χ3v) is 3.57. The minimum atomic E-state index is 0.0163. The molecule has 2 rings (SSSR count). The molecule has 3 heteroatoms. The van der Waals surface area contributed by atoms with Crippen molar-refractivity contribution in [3.8, 4) is 0 Å². The van der Waals surface area contributed by atoms with E-state index in [0.717, 1.165) is 16.5 Å². The second-order valence-corrected chi connectivity index (χ2v) is 5.51. The standard InChI is InChI=1S/C17H17BrO2/c1-2-13-6-8-15(9-7-13)17(19)12-20-11-14-4-3-5-16(18)10-14/h3-10H,2,11-12H2,1H3. The maximum atomic E-state index is 12.0. The SMILES string of the molecule is CCc1ccc(C(=O)COCc2cccc(Br)c2)cc1. The Labute approximate surface area is 127 Å². The highest BCUT2D eigenvalue weighted by molar-refractivity contribution is 9.10. The van der Waals surface area contributed by atoms with Gasteiger partial charge in [0.15, 0.2) is 5.78 Å². The summed E-state index contributed by atoms with van der Waals surface area (Å²) in [7, 11) is 0. The lowest BCUT2D eigenvalue weighted by atomic mass is 10.1. The number of carbonyl (C=O) groups excluding carboxylic acids is 1. The number of ether oxygens (including phenoxy) is 1. The molecule has 104 valence electrons. The molecular formula is C17H17BrO2. The van der Waals surface area contributed by atoms with Crippen LogP contribution in [0.25, 0.3) is 0 Å². The third kappa shape index (κ3) is 4.29. The number of carbonyl (C=O) groups is 1. The van der Waals surface area contributed by atoms with E-state index >= 15 is 0 Å². The number of ketones is 1. The lowest BCUT2D eigenvalue weighted by Crippen LogP contribution is -2.09. The Morgan fingerprint density at radius 2 is 1.85 bits per heavy atom. The number of rotatable bonds is 6. The van der Waals surface area contributed by atoms with Gasteiger partial charge >= 0.3 is 0 Å². The Bertz CT molecular complexity index is 576. The summed E-state index contributed by atoms with van der Waals surface area (Å²) in [6, 6.07) is 15.6. The van der Waals surface area contributed by atoms with Gasteiger partial charge in [-0.25, -0.2) is 0 Å². The number of hydrogen-bond acceptors (Lipinski definition) is 2. The van der Waals surface area contributed by atoms with Gasteiger partial charge in [0, 0.05) is 10.0 Å². The average molecular weight is 333 g/mol. The van der Waals surface area contributed by atoms with Crippen LogP contribution in [0.2, 0.25) is 0 Å². The first-order valence-corrected chi connectivity index (χ1v) is 7.42. The molecule has 0 radical (unpaired) electrons. The van der Waals surface area contributed by atoms with Gasteiger partial charge < -0.3 is 4.74 Å². The fraction of sp³-hybridized carbons (Fsp3) is 0.235. The molecule has 0 fully saturated rings. The molecule has 0 bridgehead atoms. The van der Waals surface area contributed by atoms with Crippen LogP contribution >= 0.6 is 15.9 Å². The van der Waals surface area contributed by atoms with Crippen molar-refractivity contribution in [1.29, 1.82) is 0 Å². The first-order chi connectivity index (χ1) is 9.69. The van der Waals surface area contributed by atoms with Crippen LogP contribution < -0.4 is 0 Å². The Morgan fingerprint density at radius 1 is 1.10 bits per heavy atom. The number of aryl methyl sites for hydroxylation is 1. The molecule has 2 aromatic carbocycles. The highest BCUT2D eigenvalue weighted by atomic mass is 79.9. The van der Waals surface area contributed by atoms with Crippen molar-refractivity contribution in [3.63, 3.8) is 0 Å². The Morgan fingerprint density at radius 3 is 2.50 bits per heavy atom. The minimum absolute atomic E-state index is 0.0163. The molecule has 0 heterocycles. The van der Waals surface area contributed by atoms with Crippen LogP contribution in [0.4, 0.5) is 0 Å². The van der Waals surface area contributed by atoms with E-state index < -0.39 is 0 Å². The zero-order valence-electron chi connectivity index (χ0n) is 11.4. The van der Waals surface area contributed by atoms with Gasteiger partial charge in [0.05, 0.1) is 6.61 Å². The molecule has 0 aliphatic rings. The van der Waals surface area contributed by atoms with E-state index in [0.29, 0.717) is 12.2 Å². The van der Waals surface area contributed by atoms with Gasteiger partial charge in [-0.05, 0) is 29.7 Å². The van der Waals surface area contributed by atoms with Crippen LogP contribution in [0.3, 0.4) is 0 Å². The van der Waals surface area contributed by atoms with Gasteiger partial charge in [-0.1, -0.05) is 59.3 Å². The highest BCUT2D eigenvalue weighted by Crippen LogP contribution is 2.12. The van der Waals surface area contributed by atoms with Crippen LogP contribution in [0.5, 0.6) is 0 Å². The van der Waals surface area contributed by atoms with Crippen molar-refractivity contribution < 1.29 is 9.53 Å². The summed E-state index contributed by atoms with van der Waals surface area (Å²) >= 11 is 3.41. The maximum Gasteiger partial charge on any atom is 0.188 e. The van der Waals surface area contributed by atoms with Crippen LogP contribution in [0.1, 0.15) is 28.4 Å². The molecule has 0 atom stereocenters. The van der Waals surface area contributed by atoms with Gasteiger partial charge in [0.2, 0.25) is 0 Å². The molecule has 0 saturated carbocycles. The predicted molar refractivity (Wildman–Crippen MR) is 83.9 cm³/mol. The smallest absolute Gasteiger partial charge is 0.188 e. The van der Waals surface area contributed by atoms with Crippen LogP contribution in [-0.4, -0.2) is 12.4 Å². The van der Waals surface area contributed by atoms with Crippen molar-refractivity contribution in [3.05, 3.63) is 69.7 Å². The quantitative estimate of drug-likeness (QED) is 0.732. The molecule has 0 saturated heterocycles. The third-order valence-electron chi connectivity index (χ3n) is 3.08. The molecule has 0 amide bonds. The van der Waals surface area contributed by atoms with Crippen molar-refractivity contribution in [2.24, 2.45) is 0 Å². The van der Waals surface area contributed by atoms with Gasteiger partial charge in [-0.3, -0.25) is 4.79 Å². The van der Waals surface area contributed by atoms with Gasteiger partial charge in [0.25, 0.3) is 0 Å². The van der Waals surface area contributed by atoms with Crippen LogP contribution in [0, 0.1) is 0 Å². The predicted octanol–water partition coefficient (Wildman–Crippen LogP) is 4.41. The first-order valence-electron chi connectivity index (χ1n) is 6.63. The van der Waals surface area contributed by atoms with E-state index in [1.54, 1.807) is 0 Å². The molecule has 0 aliphatic heterocycles. The number of benzene rings is 2. The van der Waals surface area contributed by atoms with E-state index in [9.17, 15) is 4.79 Å². The Balaban J connectivity index is 1.85. The van der Waals surface area contributed by atoms with Crippen LogP contribution in [-0.2, 0) is 17.8 Å². The highest BCUT2D eigenvalue weighted by Gasteiger charge is 2.06. The van der Waals surface area contributed by atoms with E-state index in [-0.39, 0.29) is 12.4 Å². The van der Waals surface area contributed by atoms with Crippen LogP contribution in [0.15, 0.2) is 53.0 Å². The Hall–Kier alpha value is -1.45. The van der Waals surface area contributed by atoms with Gasteiger partial charge in [0.1, 0.15) is 6.61 Å². The molecule has 2 aromatic rings. The molecule has 0 N–H and O–H groups in total. The summed E-state index contributed by atoms with van der Waals surface area (Å²) in [5, 5.41) is 0. The summed E-state index contributed by atoms with van der Waals surface area (Å²) in [4.78, 5) is 12.0. The lowest BCUT2D eigenvalue weighted by Gasteiger charge is -2.05. The zero-order chi connectivity index (χ0) is 14.4. The molecule has 0 unspecified atom stereocenters. The molecule has 20 heavy (non-hydrogen) atoms. The molecule has 2 nitrogen and oxygen atoms in total. The number of Topliss-reactive ketones (excluding diaryl/α,β-unsaturated/α-hetero) is 1. The number of halogens is 1. The largest absolute Gasteiger partial charge is 0.369 e. The molecule has 0 spiro atoms. The summed E-state index contributed by atoms with van der Waals surface area (Å²) < 4.78 is 6.49. The van der Waals surface area contributed by atoms with Crippen molar-refractivity contribution >= 4 is 21.7 Å². The number of hydrogen-bond donors (Lipinski definition) is 0. The van der Waals surface area contributed by atoms with Gasteiger partial charge in [-0.2, -0.15) is 0 Å². The fourth-order valence-electron chi connectivity index (χ4n) is 1.90. The normalized spacial score (nSPS) is 10.5. The van der Waals surface area contributed by atoms with E-state index in [2.05, 4.69) is 22.9 Å². The zero-order valence-corrected chi connectivity index (χ0v) is 13.0. The second kappa shape index (κ2) is 7.36. The molecule has 0 aromatic heterocycles. The van der Waals surface area contributed by atoms with Gasteiger partial charge in [-0.15, -0.1) is 0 Å². The monoisotopic (exact) mass is 332 g/mol.